The van der Waals surface area contributed by atoms with E-state index < -0.39 is 0 Å². The van der Waals surface area contributed by atoms with Crippen LogP contribution >= 0.6 is 0 Å². The molecule has 1 heteroatoms. The maximum absolute atomic E-state index is 4.78. The van der Waals surface area contributed by atoms with Gasteiger partial charge in [0.05, 0.1) is 11.2 Å². The quantitative estimate of drug-likeness (QED) is 0.473. The molecule has 1 nitrogen and oxygen atoms in total. The first-order chi connectivity index (χ1) is 9.92. The van der Waals surface area contributed by atoms with E-state index in [-0.39, 0.29) is 0 Å². The summed E-state index contributed by atoms with van der Waals surface area (Å²) in [6.45, 7) is 0. The molecule has 0 aliphatic heterocycles. The Labute approximate surface area is 117 Å². The van der Waals surface area contributed by atoms with Crippen LogP contribution in [0.5, 0.6) is 0 Å². The molecule has 4 aromatic rings. The summed E-state index contributed by atoms with van der Waals surface area (Å²) in [5.41, 5.74) is 3.20. The van der Waals surface area contributed by atoms with Crippen molar-refractivity contribution in [3.8, 4) is 11.3 Å². The van der Waals surface area contributed by atoms with Crippen LogP contribution in [0.4, 0.5) is 0 Å². The van der Waals surface area contributed by atoms with Gasteiger partial charge in [-0.3, -0.25) is 0 Å². The van der Waals surface area contributed by atoms with Crippen molar-refractivity contribution in [3.05, 3.63) is 78.9 Å². The minimum atomic E-state index is 1.01. The van der Waals surface area contributed by atoms with Gasteiger partial charge in [0.15, 0.2) is 0 Å². The lowest BCUT2D eigenvalue weighted by molar-refractivity contribution is 1.41. The maximum Gasteiger partial charge on any atom is 0.0715 e. The third kappa shape index (κ3) is 1.76. The minimum Gasteiger partial charge on any atom is -0.248 e. The molecule has 4 rings (SSSR count). The molecule has 0 spiro atoms. The summed E-state index contributed by atoms with van der Waals surface area (Å²) in [6.07, 6.45) is 0. The average molecular weight is 254 g/mol. The van der Waals surface area contributed by atoms with Crippen molar-refractivity contribution >= 4 is 21.7 Å². The topological polar surface area (TPSA) is 12.9 Å². The van der Waals surface area contributed by atoms with Crippen LogP contribution in [0.3, 0.4) is 0 Å². The molecule has 0 saturated heterocycles. The third-order valence-corrected chi connectivity index (χ3v) is 3.60. The van der Waals surface area contributed by atoms with Gasteiger partial charge in [-0.2, -0.15) is 0 Å². The first-order valence-electron chi connectivity index (χ1n) is 6.67. The fourth-order valence-corrected chi connectivity index (χ4v) is 2.60. The normalized spacial score (nSPS) is 11.0. The smallest absolute Gasteiger partial charge is 0.0715 e. The Morgan fingerprint density at radius 2 is 1.65 bits per heavy atom. The average Bonchev–Trinajstić information content (AvgIpc) is 2.54. The number of fused-ring (bicyclic) bond motifs is 2. The number of benzene rings is 3. The highest BCUT2D eigenvalue weighted by Gasteiger charge is 2.05. The van der Waals surface area contributed by atoms with E-state index in [2.05, 4.69) is 60.7 Å². The summed E-state index contributed by atoms with van der Waals surface area (Å²) in [7, 11) is 0. The summed E-state index contributed by atoms with van der Waals surface area (Å²) in [5.74, 6) is 0. The second kappa shape index (κ2) is 4.46. The highest BCUT2D eigenvalue weighted by molar-refractivity contribution is 5.96. The molecule has 20 heavy (non-hydrogen) atoms. The summed E-state index contributed by atoms with van der Waals surface area (Å²) in [4.78, 5) is 4.78. The number of hydrogen-bond acceptors (Lipinski definition) is 1. The van der Waals surface area contributed by atoms with E-state index in [1.165, 1.54) is 16.3 Å². The fraction of sp³-hybridized carbons (Fsp3) is 0. The predicted molar refractivity (Wildman–Crippen MR) is 83.5 cm³/mol. The molecule has 0 bridgehead atoms. The molecule has 0 fully saturated rings. The van der Waals surface area contributed by atoms with Crippen LogP contribution in [0.25, 0.3) is 32.9 Å². The number of rotatable bonds is 1. The van der Waals surface area contributed by atoms with E-state index in [1.807, 2.05) is 18.2 Å². The largest absolute Gasteiger partial charge is 0.248 e. The Bertz CT molecular complexity index is 904. The Hall–Kier alpha value is -2.67. The van der Waals surface area contributed by atoms with Crippen molar-refractivity contribution in [1.82, 2.24) is 4.98 Å². The molecule has 0 atom stereocenters. The lowest BCUT2D eigenvalue weighted by Crippen LogP contribution is -1.86. The zero-order valence-corrected chi connectivity index (χ0v) is 10.9. The number of nitrogens with zero attached hydrogens (tertiary/aromatic N) is 1. The van der Waals surface area contributed by atoms with E-state index in [9.17, 15) is 0 Å². The summed E-state index contributed by atoms with van der Waals surface area (Å²) in [6, 6.07) is 27.9. The Kier molecular flexibility index (Phi) is 2.49. The molecular formula is C19H12N. The highest BCUT2D eigenvalue weighted by atomic mass is 14.7. The number of hydrogen-bond donors (Lipinski definition) is 0. The molecule has 0 aliphatic rings. The Morgan fingerprint density at radius 1 is 0.750 bits per heavy atom. The lowest BCUT2D eigenvalue weighted by Gasteiger charge is -2.07. The molecule has 0 N–H and O–H groups in total. The summed E-state index contributed by atoms with van der Waals surface area (Å²) < 4.78 is 0. The van der Waals surface area contributed by atoms with E-state index >= 15 is 0 Å². The van der Waals surface area contributed by atoms with Gasteiger partial charge >= 0.3 is 0 Å². The van der Waals surface area contributed by atoms with Crippen molar-refractivity contribution < 1.29 is 0 Å². The van der Waals surface area contributed by atoms with Gasteiger partial charge in [0.1, 0.15) is 0 Å². The van der Waals surface area contributed by atoms with E-state index in [0.29, 0.717) is 0 Å². The third-order valence-electron chi connectivity index (χ3n) is 3.60. The van der Waals surface area contributed by atoms with Crippen molar-refractivity contribution in [2.45, 2.75) is 0 Å². The van der Waals surface area contributed by atoms with Crippen molar-refractivity contribution in [2.75, 3.05) is 0 Å². The lowest BCUT2D eigenvalue weighted by atomic mass is 10.0. The zero-order chi connectivity index (χ0) is 13.4. The van der Waals surface area contributed by atoms with Crippen LogP contribution in [-0.2, 0) is 0 Å². The fourth-order valence-electron chi connectivity index (χ4n) is 2.60. The molecule has 0 saturated carbocycles. The van der Waals surface area contributed by atoms with E-state index in [4.69, 9.17) is 4.98 Å². The molecule has 1 heterocycles. The van der Waals surface area contributed by atoms with E-state index in [1.54, 1.807) is 0 Å². The van der Waals surface area contributed by atoms with E-state index in [0.717, 1.165) is 16.6 Å². The van der Waals surface area contributed by atoms with Crippen molar-refractivity contribution in [1.29, 1.82) is 0 Å². The van der Waals surface area contributed by atoms with Gasteiger partial charge < -0.3 is 0 Å². The van der Waals surface area contributed by atoms with Crippen molar-refractivity contribution in [2.24, 2.45) is 0 Å². The molecular weight excluding hydrogens is 242 g/mol. The highest BCUT2D eigenvalue weighted by Crippen LogP contribution is 2.28. The number of pyridine rings is 1. The summed E-state index contributed by atoms with van der Waals surface area (Å²) >= 11 is 0. The van der Waals surface area contributed by atoms with Crippen LogP contribution in [0, 0.1) is 6.07 Å². The van der Waals surface area contributed by atoms with Crippen LogP contribution in [-0.4, -0.2) is 4.98 Å². The SMILES string of the molecule is [c]1ccc2nc(-c3cccc4ccccc34)ccc2c1. The van der Waals surface area contributed by atoms with Crippen LogP contribution in [0.1, 0.15) is 0 Å². The first-order valence-corrected chi connectivity index (χ1v) is 6.67. The molecule has 0 amide bonds. The van der Waals surface area contributed by atoms with Gasteiger partial charge in [-0.25, -0.2) is 4.98 Å². The molecule has 3 aromatic carbocycles. The second-order valence-electron chi connectivity index (χ2n) is 4.84. The maximum atomic E-state index is 4.78. The molecule has 1 aromatic heterocycles. The van der Waals surface area contributed by atoms with Crippen LogP contribution < -0.4 is 0 Å². The van der Waals surface area contributed by atoms with Gasteiger partial charge in [0.25, 0.3) is 0 Å². The molecule has 93 valence electrons. The van der Waals surface area contributed by atoms with Gasteiger partial charge in [-0.1, -0.05) is 54.6 Å². The van der Waals surface area contributed by atoms with Gasteiger partial charge in [-0.05, 0) is 35.0 Å². The van der Waals surface area contributed by atoms with Gasteiger partial charge in [0, 0.05) is 10.9 Å². The van der Waals surface area contributed by atoms with Crippen molar-refractivity contribution in [3.63, 3.8) is 0 Å². The molecule has 0 unspecified atom stereocenters. The molecule has 1 radical (unpaired) electrons. The predicted octanol–water partition coefficient (Wildman–Crippen LogP) is 4.86. The molecule has 0 aliphatic carbocycles. The second-order valence-corrected chi connectivity index (χ2v) is 4.84. The zero-order valence-electron chi connectivity index (χ0n) is 10.9. The van der Waals surface area contributed by atoms with Gasteiger partial charge in [-0.15, -0.1) is 0 Å². The monoisotopic (exact) mass is 254 g/mol. The van der Waals surface area contributed by atoms with Crippen LogP contribution in [0.2, 0.25) is 0 Å². The standard InChI is InChI=1S/C19H12N/c1-3-9-16-14(6-1)8-5-10-17(16)19-13-12-15-7-2-4-11-18(15)20-19/h1,3-13H. The van der Waals surface area contributed by atoms with Crippen LogP contribution in [0.15, 0.2) is 72.8 Å². The number of aromatic nitrogens is 1. The first kappa shape index (κ1) is 11.2. The Morgan fingerprint density at radius 3 is 2.65 bits per heavy atom. The Balaban J connectivity index is 2.01. The minimum absolute atomic E-state index is 1.01. The summed E-state index contributed by atoms with van der Waals surface area (Å²) in [5, 5.41) is 3.61. The van der Waals surface area contributed by atoms with Gasteiger partial charge in [0.2, 0.25) is 0 Å².